The molecule has 0 spiro atoms. The van der Waals surface area contributed by atoms with Gasteiger partial charge in [-0.15, -0.1) is 0 Å². The standard InChI is InChI=1S/C17H22N2O2/c1-3-18-11-15-10-17(13-19-12-15)21-16-6-4-14(5-7-16)8-9-20-2/h4-7,10,12-13,18H,3,8-9,11H2,1-2H3. The summed E-state index contributed by atoms with van der Waals surface area (Å²) in [7, 11) is 1.71. The van der Waals surface area contributed by atoms with E-state index < -0.39 is 0 Å². The maximum atomic E-state index is 5.84. The van der Waals surface area contributed by atoms with Crippen LogP contribution in [0.5, 0.6) is 11.5 Å². The molecule has 0 aliphatic carbocycles. The van der Waals surface area contributed by atoms with Crippen LogP contribution in [0.2, 0.25) is 0 Å². The fourth-order valence-electron chi connectivity index (χ4n) is 1.97. The zero-order valence-electron chi connectivity index (χ0n) is 12.6. The molecule has 0 saturated heterocycles. The van der Waals surface area contributed by atoms with E-state index in [-0.39, 0.29) is 0 Å². The fourth-order valence-corrected chi connectivity index (χ4v) is 1.97. The summed E-state index contributed by atoms with van der Waals surface area (Å²) in [5, 5.41) is 3.28. The van der Waals surface area contributed by atoms with Crippen molar-refractivity contribution >= 4 is 0 Å². The number of methoxy groups -OCH3 is 1. The smallest absolute Gasteiger partial charge is 0.146 e. The second kappa shape index (κ2) is 8.39. The summed E-state index contributed by atoms with van der Waals surface area (Å²) in [4.78, 5) is 4.21. The van der Waals surface area contributed by atoms with E-state index in [2.05, 4.69) is 29.4 Å². The molecule has 0 radical (unpaired) electrons. The summed E-state index contributed by atoms with van der Waals surface area (Å²) in [6.07, 6.45) is 4.49. The zero-order valence-corrected chi connectivity index (χ0v) is 12.6. The minimum absolute atomic E-state index is 0.733. The van der Waals surface area contributed by atoms with Gasteiger partial charge in [0, 0.05) is 19.9 Å². The lowest BCUT2D eigenvalue weighted by atomic mass is 10.1. The summed E-state index contributed by atoms with van der Waals surface area (Å²) in [5.74, 6) is 1.58. The summed E-state index contributed by atoms with van der Waals surface area (Å²) >= 11 is 0. The van der Waals surface area contributed by atoms with Crippen LogP contribution in [-0.4, -0.2) is 25.2 Å². The predicted molar refractivity (Wildman–Crippen MR) is 83.7 cm³/mol. The molecule has 0 aliphatic heterocycles. The highest BCUT2D eigenvalue weighted by molar-refractivity contribution is 5.33. The fraction of sp³-hybridized carbons (Fsp3) is 0.353. The van der Waals surface area contributed by atoms with E-state index in [0.717, 1.165) is 43.2 Å². The molecular formula is C17H22N2O2. The molecule has 21 heavy (non-hydrogen) atoms. The van der Waals surface area contributed by atoms with Crippen LogP contribution >= 0.6 is 0 Å². The van der Waals surface area contributed by atoms with E-state index >= 15 is 0 Å². The molecule has 0 atom stereocenters. The first-order valence-corrected chi connectivity index (χ1v) is 7.22. The van der Waals surface area contributed by atoms with Crippen molar-refractivity contribution in [3.63, 3.8) is 0 Å². The Bertz CT molecular complexity index is 541. The first-order valence-electron chi connectivity index (χ1n) is 7.22. The Morgan fingerprint density at radius 2 is 1.86 bits per heavy atom. The highest BCUT2D eigenvalue weighted by Gasteiger charge is 2.01. The van der Waals surface area contributed by atoms with Crippen molar-refractivity contribution < 1.29 is 9.47 Å². The van der Waals surface area contributed by atoms with Gasteiger partial charge in [-0.05, 0) is 42.3 Å². The zero-order chi connectivity index (χ0) is 14.9. The number of hydrogen-bond donors (Lipinski definition) is 1. The minimum atomic E-state index is 0.733. The largest absolute Gasteiger partial charge is 0.456 e. The predicted octanol–water partition coefficient (Wildman–Crippen LogP) is 3.17. The van der Waals surface area contributed by atoms with Gasteiger partial charge in [-0.3, -0.25) is 4.98 Å². The van der Waals surface area contributed by atoms with Gasteiger partial charge < -0.3 is 14.8 Å². The minimum Gasteiger partial charge on any atom is -0.456 e. The van der Waals surface area contributed by atoms with Gasteiger partial charge in [0.1, 0.15) is 11.5 Å². The number of hydrogen-bond acceptors (Lipinski definition) is 4. The molecular weight excluding hydrogens is 264 g/mol. The highest BCUT2D eigenvalue weighted by Crippen LogP contribution is 2.21. The van der Waals surface area contributed by atoms with Gasteiger partial charge in [0.05, 0.1) is 12.8 Å². The van der Waals surface area contributed by atoms with Crippen LogP contribution in [0.15, 0.2) is 42.7 Å². The third-order valence-electron chi connectivity index (χ3n) is 3.10. The Balaban J connectivity index is 1.97. The molecule has 1 N–H and O–H groups in total. The Morgan fingerprint density at radius 1 is 1.05 bits per heavy atom. The normalized spacial score (nSPS) is 10.6. The van der Waals surface area contributed by atoms with Gasteiger partial charge in [0.15, 0.2) is 0 Å². The van der Waals surface area contributed by atoms with Gasteiger partial charge in [0.2, 0.25) is 0 Å². The van der Waals surface area contributed by atoms with Gasteiger partial charge in [-0.1, -0.05) is 19.1 Å². The molecule has 0 aliphatic rings. The number of pyridine rings is 1. The van der Waals surface area contributed by atoms with E-state index in [9.17, 15) is 0 Å². The molecule has 0 fully saturated rings. The maximum absolute atomic E-state index is 5.84. The van der Waals surface area contributed by atoms with Crippen molar-refractivity contribution in [3.05, 3.63) is 53.9 Å². The molecule has 0 amide bonds. The molecule has 0 unspecified atom stereocenters. The van der Waals surface area contributed by atoms with E-state index in [1.54, 1.807) is 13.3 Å². The molecule has 2 aromatic rings. The van der Waals surface area contributed by atoms with Crippen molar-refractivity contribution in [2.24, 2.45) is 0 Å². The van der Waals surface area contributed by atoms with E-state index in [1.165, 1.54) is 5.56 Å². The molecule has 4 heteroatoms. The van der Waals surface area contributed by atoms with Crippen LogP contribution in [0, 0.1) is 0 Å². The highest BCUT2D eigenvalue weighted by atomic mass is 16.5. The van der Waals surface area contributed by atoms with E-state index in [0.29, 0.717) is 0 Å². The molecule has 0 bridgehead atoms. The van der Waals surface area contributed by atoms with Crippen LogP contribution in [0.3, 0.4) is 0 Å². The second-order valence-corrected chi connectivity index (χ2v) is 4.80. The van der Waals surface area contributed by atoms with Crippen molar-refractivity contribution in [1.29, 1.82) is 0 Å². The van der Waals surface area contributed by atoms with Crippen LogP contribution in [0.4, 0.5) is 0 Å². The van der Waals surface area contributed by atoms with E-state index in [1.807, 2.05) is 24.4 Å². The summed E-state index contributed by atoms with van der Waals surface area (Å²) in [6.45, 7) is 4.56. The average molecular weight is 286 g/mol. The summed E-state index contributed by atoms with van der Waals surface area (Å²) in [6, 6.07) is 10.1. The van der Waals surface area contributed by atoms with E-state index in [4.69, 9.17) is 9.47 Å². The van der Waals surface area contributed by atoms with Gasteiger partial charge >= 0.3 is 0 Å². The molecule has 1 heterocycles. The lowest BCUT2D eigenvalue weighted by molar-refractivity contribution is 0.202. The maximum Gasteiger partial charge on any atom is 0.146 e. The van der Waals surface area contributed by atoms with Gasteiger partial charge in [0.25, 0.3) is 0 Å². The van der Waals surface area contributed by atoms with Gasteiger partial charge in [-0.25, -0.2) is 0 Å². The molecule has 112 valence electrons. The first kappa shape index (κ1) is 15.5. The topological polar surface area (TPSA) is 43.4 Å². The quantitative estimate of drug-likeness (QED) is 0.809. The number of nitrogens with zero attached hydrogens (tertiary/aromatic N) is 1. The lowest BCUT2D eigenvalue weighted by Gasteiger charge is -2.08. The number of aromatic nitrogens is 1. The Hall–Kier alpha value is -1.91. The number of benzene rings is 1. The van der Waals surface area contributed by atoms with Crippen LogP contribution in [0.25, 0.3) is 0 Å². The number of rotatable bonds is 8. The first-order chi connectivity index (χ1) is 10.3. The summed E-state index contributed by atoms with van der Waals surface area (Å²) < 4.78 is 10.9. The third-order valence-corrected chi connectivity index (χ3v) is 3.10. The third kappa shape index (κ3) is 5.17. The Kier molecular flexibility index (Phi) is 6.19. The molecule has 0 saturated carbocycles. The van der Waals surface area contributed by atoms with Crippen LogP contribution < -0.4 is 10.1 Å². The van der Waals surface area contributed by atoms with Crippen molar-refractivity contribution in [3.8, 4) is 11.5 Å². The Morgan fingerprint density at radius 3 is 2.57 bits per heavy atom. The molecule has 4 nitrogen and oxygen atoms in total. The van der Waals surface area contributed by atoms with Crippen molar-refractivity contribution in [1.82, 2.24) is 10.3 Å². The van der Waals surface area contributed by atoms with Crippen molar-refractivity contribution in [2.75, 3.05) is 20.3 Å². The van der Waals surface area contributed by atoms with Crippen molar-refractivity contribution in [2.45, 2.75) is 19.9 Å². The number of nitrogens with one attached hydrogen (secondary N) is 1. The second-order valence-electron chi connectivity index (χ2n) is 4.80. The molecule has 2 rings (SSSR count). The van der Waals surface area contributed by atoms with Crippen LogP contribution in [-0.2, 0) is 17.7 Å². The monoisotopic (exact) mass is 286 g/mol. The number of ether oxygens (including phenoxy) is 2. The molecule has 1 aromatic heterocycles. The Labute approximate surface area is 126 Å². The summed E-state index contributed by atoms with van der Waals surface area (Å²) in [5.41, 5.74) is 2.36. The average Bonchev–Trinajstić information content (AvgIpc) is 2.53. The van der Waals surface area contributed by atoms with Gasteiger partial charge in [-0.2, -0.15) is 0 Å². The molecule has 1 aromatic carbocycles. The van der Waals surface area contributed by atoms with Crippen LogP contribution in [0.1, 0.15) is 18.1 Å². The SMILES string of the molecule is CCNCc1cncc(Oc2ccc(CCOC)cc2)c1. The lowest BCUT2D eigenvalue weighted by Crippen LogP contribution is -2.11.